The second kappa shape index (κ2) is 7.61. The van der Waals surface area contributed by atoms with Crippen LogP contribution in [0.15, 0.2) is 11.8 Å². The van der Waals surface area contributed by atoms with Crippen LogP contribution >= 0.6 is 0 Å². The summed E-state index contributed by atoms with van der Waals surface area (Å²) in [6, 6.07) is 1.47. The fourth-order valence-electron chi connectivity index (χ4n) is 0.336. The second-order valence-corrected chi connectivity index (χ2v) is 1.38. The Balaban J connectivity index is 0. The molecular formula is C6H8NNaO3. The van der Waals surface area contributed by atoms with Crippen LogP contribution in [0, 0.1) is 11.3 Å². The van der Waals surface area contributed by atoms with Crippen LogP contribution in [0.1, 0.15) is 6.92 Å². The number of aliphatic hydroxyl groups excluding tert-OH is 1. The minimum absolute atomic E-state index is 0. The summed E-state index contributed by atoms with van der Waals surface area (Å²) in [4.78, 5) is 10.5. The van der Waals surface area contributed by atoms with Gasteiger partial charge in [0.1, 0.15) is 12.3 Å². The molecule has 0 saturated carbocycles. The second-order valence-electron chi connectivity index (χ2n) is 1.38. The van der Waals surface area contributed by atoms with E-state index in [-0.39, 0.29) is 41.7 Å². The van der Waals surface area contributed by atoms with Crippen molar-refractivity contribution in [2.75, 3.05) is 6.61 Å². The molecule has 0 saturated heterocycles. The Bertz CT molecular complexity index is 194. The van der Waals surface area contributed by atoms with E-state index in [1.807, 2.05) is 0 Å². The number of aliphatic hydroxyl groups is 1. The summed E-state index contributed by atoms with van der Waals surface area (Å²) >= 11 is 0. The molecule has 0 aliphatic rings. The maximum absolute atomic E-state index is 10.5. The van der Waals surface area contributed by atoms with Gasteiger partial charge in [0.15, 0.2) is 5.57 Å². The molecular weight excluding hydrogens is 157 g/mol. The zero-order valence-corrected chi connectivity index (χ0v) is 5.50. The summed E-state index contributed by atoms with van der Waals surface area (Å²) in [5, 5.41) is 16.4. The van der Waals surface area contributed by atoms with E-state index in [4.69, 9.17) is 10.4 Å². The molecule has 0 rings (SSSR count). The molecule has 0 amide bonds. The fraction of sp³-hybridized carbons (Fsp3) is 0.333. The number of ether oxygens (including phenoxy) is 1. The SMILES string of the molecule is CCOC(=O)C(C#N)=CO.[NaH]. The van der Waals surface area contributed by atoms with Gasteiger partial charge < -0.3 is 9.84 Å². The van der Waals surface area contributed by atoms with Gasteiger partial charge in [-0.1, -0.05) is 0 Å². The molecule has 1 N–H and O–H groups in total. The Morgan fingerprint density at radius 1 is 1.82 bits per heavy atom. The van der Waals surface area contributed by atoms with E-state index in [9.17, 15) is 4.79 Å². The van der Waals surface area contributed by atoms with E-state index in [1.54, 1.807) is 6.92 Å². The van der Waals surface area contributed by atoms with Gasteiger partial charge in [0, 0.05) is 0 Å². The molecule has 0 aromatic heterocycles. The van der Waals surface area contributed by atoms with E-state index in [0.717, 1.165) is 0 Å². The van der Waals surface area contributed by atoms with Crippen LogP contribution in [0.4, 0.5) is 0 Å². The zero-order valence-electron chi connectivity index (χ0n) is 5.50. The van der Waals surface area contributed by atoms with Crippen molar-refractivity contribution < 1.29 is 14.6 Å². The van der Waals surface area contributed by atoms with Gasteiger partial charge in [0.05, 0.1) is 6.61 Å². The Kier molecular flexibility index (Phi) is 9.07. The average molecular weight is 165 g/mol. The van der Waals surface area contributed by atoms with Gasteiger partial charge >= 0.3 is 35.5 Å². The van der Waals surface area contributed by atoms with Crippen LogP contribution in [0.2, 0.25) is 0 Å². The summed E-state index contributed by atoms with van der Waals surface area (Å²) < 4.78 is 4.40. The summed E-state index contributed by atoms with van der Waals surface area (Å²) in [5.74, 6) is -0.799. The molecule has 0 spiro atoms. The Morgan fingerprint density at radius 2 is 2.36 bits per heavy atom. The monoisotopic (exact) mass is 165 g/mol. The number of nitriles is 1. The first-order valence-electron chi connectivity index (χ1n) is 2.67. The summed E-state index contributed by atoms with van der Waals surface area (Å²) in [5.41, 5.74) is -0.387. The molecule has 4 nitrogen and oxygen atoms in total. The number of rotatable bonds is 2. The Labute approximate surface area is 86.7 Å². The Hall–Kier alpha value is -0.500. The van der Waals surface area contributed by atoms with Gasteiger partial charge in [-0.25, -0.2) is 4.79 Å². The number of esters is 1. The molecule has 0 aliphatic carbocycles. The van der Waals surface area contributed by atoms with Crippen LogP contribution in [0.3, 0.4) is 0 Å². The summed E-state index contributed by atoms with van der Waals surface area (Å²) in [6.45, 7) is 1.81. The van der Waals surface area contributed by atoms with Crippen molar-refractivity contribution in [1.29, 1.82) is 5.26 Å². The molecule has 11 heavy (non-hydrogen) atoms. The molecule has 0 aromatic rings. The van der Waals surface area contributed by atoms with Gasteiger partial charge in [-0.3, -0.25) is 0 Å². The van der Waals surface area contributed by atoms with Crippen LogP contribution < -0.4 is 0 Å². The van der Waals surface area contributed by atoms with E-state index < -0.39 is 5.97 Å². The third kappa shape index (κ3) is 4.85. The van der Waals surface area contributed by atoms with Gasteiger partial charge in [0.25, 0.3) is 0 Å². The van der Waals surface area contributed by atoms with Crippen LogP contribution in [0.5, 0.6) is 0 Å². The van der Waals surface area contributed by atoms with Crippen molar-refractivity contribution in [3.8, 4) is 6.07 Å². The van der Waals surface area contributed by atoms with E-state index in [0.29, 0.717) is 6.26 Å². The van der Waals surface area contributed by atoms with Gasteiger partial charge in [-0.2, -0.15) is 5.26 Å². The number of carbonyl (C=O) groups is 1. The van der Waals surface area contributed by atoms with Gasteiger partial charge in [0.2, 0.25) is 0 Å². The van der Waals surface area contributed by atoms with E-state index >= 15 is 0 Å². The van der Waals surface area contributed by atoms with Gasteiger partial charge in [-0.05, 0) is 6.92 Å². The van der Waals surface area contributed by atoms with Crippen LogP contribution in [0.25, 0.3) is 0 Å². The third-order valence-electron chi connectivity index (χ3n) is 0.745. The third-order valence-corrected chi connectivity index (χ3v) is 0.745. The van der Waals surface area contributed by atoms with Crippen molar-refractivity contribution in [2.45, 2.75) is 6.92 Å². The molecule has 0 aliphatic heterocycles. The molecule has 0 atom stereocenters. The fourth-order valence-corrected chi connectivity index (χ4v) is 0.336. The molecule has 0 aromatic carbocycles. The summed E-state index contributed by atoms with van der Waals surface area (Å²) in [7, 11) is 0. The van der Waals surface area contributed by atoms with Crippen molar-refractivity contribution in [1.82, 2.24) is 0 Å². The quantitative estimate of drug-likeness (QED) is 0.203. The number of nitrogens with zero attached hydrogens (tertiary/aromatic N) is 1. The normalized spacial score (nSPS) is 9.27. The van der Waals surface area contributed by atoms with E-state index in [2.05, 4.69) is 4.74 Å². The standard InChI is InChI=1S/C6H7NO3.Na.H/c1-2-10-6(9)5(3-7)4-8;;/h4,8H,2H2,1H3;;. The molecule has 0 heterocycles. The minimum atomic E-state index is -0.799. The van der Waals surface area contributed by atoms with Crippen molar-refractivity contribution >= 4 is 35.5 Å². The predicted octanol–water partition coefficient (Wildman–Crippen LogP) is -0.134. The maximum atomic E-state index is 10.5. The van der Waals surface area contributed by atoms with Crippen LogP contribution in [-0.2, 0) is 9.53 Å². The first-order chi connectivity index (χ1) is 4.76. The van der Waals surface area contributed by atoms with E-state index in [1.165, 1.54) is 6.07 Å². The molecule has 56 valence electrons. The van der Waals surface area contributed by atoms with Gasteiger partial charge in [-0.15, -0.1) is 0 Å². The first kappa shape index (κ1) is 13.1. The number of carbonyl (C=O) groups excluding carboxylic acids is 1. The van der Waals surface area contributed by atoms with Crippen molar-refractivity contribution in [3.63, 3.8) is 0 Å². The van der Waals surface area contributed by atoms with Crippen molar-refractivity contribution in [3.05, 3.63) is 11.8 Å². The number of hydrogen-bond donors (Lipinski definition) is 1. The summed E-state index contributed by atoms with van der Waals surface area (Å²) in [6.07, 6.45) is 0.429. The molecule has 0 fully saturated rings. The molecule has 0 radical (unpaired) electrons. The van der Waals surface area contributed by atoms with Crippen LogP contribution in [-0.4, -0.2) is 47.2 Å². The average Bonchev–Trinajstić information content (AvgIpc) is 1.91. The van der Waals surface area contributed by atoms with Crippen molar-refractivity contribution in [2.24, 2.45) is 0 Å². The molecule has 0 unspecified atom stereocenters. The topological polar surface area (TPSA) is 70.3 Å². The zero-order chi connectivity index (χ0) is 7.98. The first-order valence-corrected chi connectivity index (χ1v) is 2.67. The number of hydrogen-bond acceptors (Lipinski definition) is 4. The molecule has 0 bridgehead atoms. The Morgan fingerprint density at radius 3 is 2.64 bits per heavy atom. The predicted molar refractivity (Wildman–Crippen MR) is 40.1 cm³/mol. The molecule has 5 heteroatoms.